The fourth-order valence-electron chi connectivity index (χ4n) is 3.86. The van der Waals surface area contributed by atoms with Gasteiger partial charge in [0.2, 0.25) is 0 Å². The Morgan fingerprint density at radius 3 is 2.16 bits per heavy atom. The Labute approximate surface area is 185 Å². The van der Waals surface area contributed by atoms with Gasteiger partial charge in [-0.15, -0.1) is 0 Å². The Hall–Kier alpha value is -2.70. The number of nitrogens with zero attached hydrogens (tertiary/aromatic N) is 2. The van der Waals surface area contributed by atoms with Crippen LogP contribution < -0.4 is 4.90 Å². The Balaban J connectivity index is 2.24. The maximum absolute atomic E-state index is 13.6. The predicted molar refractivity (Wildman–Crippen MR) is 124 cm³/mol. The van der Waals surface area contributed by atoms with Crippen molar-refractivity contribution >= 4 is 17.4 Å². The van der Waals surface area contributed by atoms with Crippen LogP contribution in [0.2, 0.25) is 0 Å². The maximum Gasteiger partial charge on any atom is 0.302 e. The van der Waals surface area contributed by atoms with Crippen molar-refractivity contribution in [1.29, 1.82) is 0 Å². The van der Waals surface area contributed by atoms with Crippen molar-refractivity contribution in [2.24, 2.45) is 0 Å². The molecule has 2 aromatic rings. The SMILES string of the molecule is CCC(Cc1ccccc1)(C(=O)c1ccc(N(CCO)CCOC(C)=O)cc1)N(C)C. The summed E-state index contributed by atoms with van der Waals surface area (Å²) in [5, 5.41) is 9.38. The molecule has 0 aliphatic rings. The van der Waals surface area contributed by atoms with Gasteiger partial charge in [-0.3, -0.25) is 14.5 Å². The van der Waals surface area contributed by atoms with E-state index in [-0.39, 0.29) is 25.0 Å². The number of Topliss-reactive ketones (excluding diaryl/α,β-unsaturated/α-hetero) is 1. The number of hydrogen-bond acceptors (Lipinski definition) is 6. The van der Waals surface area contributed by atoms with Crippen LogP contribution in [0.1, 0.15) is 36.2 Å². The summed E-state index contributed by atoms with van der Waals surface area (Å²) in [6.07, 6.45) is 1.32. The van der Waals surface area contributed by atoms with Crippen LogP contribution in [0.3, 0.4) is 0 Å². The van der Waals surface area contributed by atoms with Crippen molar-refractivity contribution in [3.05, 3.63) is 65.7 Å². The second-order valence-corrected chi connectivity index (χ2v) is 7.87. The lowest BCUT2D eigenvalue weighted by molar-refractivity contribution is -0.140. The number of benzene rings is 2. The van der Waals surface area contributed by atoms with E-state index in [1.807, 2.05) is 73.3 Å². The highest BCUT2D eigenvalue weighted by molar-refractivity contribution is 6.03. The van der Waals surface area contributed by atoms with Gasteiger partial charge >= 0.3 is 5.97 Å². The summed E-state index contributed by atoms with van der Waals surface area (Å²) < 4.78 is 5.02. The van der Waals surface area contributed by atoms with E-state index in [1.165, 1.54) is 6.92 Å². The van der Waals surface area contributed by atoms with E-state index in [4.69, 9.17) is 4.74 Å². The third kappa shape index (κ3) is 6.39. The lowest BCUT2D eigenvalue weighted by atomic mass is 9.80. The molecule has 0 saturated carbocycles. The summed E-state index contributed by atoms with van der Waals surface area (Å²) >= 11 is 0. The van der Waals surface area contributed by atoms with Gasteiger partial charge < -0.3 is 14.7 Å². The number of carbonyl (C=O) groups is 2. The zero-order valence-electron chi connectivity index (χ0n) is 19.0. The van der Waals surface area contributed by atoms with Crippen LogP contribution in [-0.2, 0) is 16.0 Å². The Kier molecular flexibility index (Phi) is 9.21. The highest BCUT2D eigenvalue weighted by Gasteiger charge is 2.39. The number of aliphatic hydroxyl groups excluding tert-OH is 1. The highest BCUT2D eigenvalue weighted by atomic mass is 16.5. The van der Waals surface area contributed by atoms with Gasteiger partial charge in [-0.2, -0.15) is 0 Å². The topological polar surface area (TPSA) is 70.1 Å². The summed E-state index contributed by atoms with van der Waals surface area (Å²) in [5.41, 5.74) is 2.01. The van der Waals surface area contributed by atoms with Gasteiger partial charge in [0.1, 0.15) is 6.61 Å². The molecule has 1 N–H and O–H groups in total. The summed E-state index contributed by atoms with van der Waals surface area (Å²) in [5.74, 6) is -0.244. The van der Waals surface area contributed by atoms with Crippen LogP contribution in [0.4, 0.5) is 5.69 Å². The van der Waals surface area contributed by atoms with Crippen LogP contribution in [0, 0.1) is 0 Å². The molecular weight excluding hydrogens is 392 g/mol. The monoisotopic (exact) mass is 426 g/mol. The zero-order chi connectivity index (χ0) is 22.9. The van der Waals surface area contributed by atoms with E-state index in [0.29, 0.717) is 31.5 Å². The summed E-state index contributed by atoms with van der Waals surface area (Å²) in [6, 6.07) is 17.5. The van der Waals surface area contributed by atoms with Gasteiger partial charge in [0.05, 0.1) is 18.7 Å². The molecule has 168 valence electrons. The molecule has 0 spiro atoms. The van der Waals surface area contributed by atoms with Gasteiger partial charge in [-0.25, -0.2) is 0 Å². The molecule has 6 heteroatoms. The van der Waals surface area contributed by atoms with Crippen molar-refractivity contribution in [3.63, 3.8) is 0 Å². The second kappa shape index (κ2) is 11.6. The molecule has 1 atom stereocenters. The average molecular weight is 427 g/mol. The van der Waals surface area contributed by atoms with Gasteiger partial charge in [-0.1, -0.05) is 37.3 Å². The van der Waals surface area contributed by atoms with Crippen molar-refractivity contribution in [2.75, 3.05) is 45.3 Å². The molecule has 1 unspecified atom stereocenters. The molecule has 0 fully saturated rings. The molecule has 0 aliphatic carbocycles. The Morgan fingerprint density at radius 1 is 1.00 bits per heavy atom. The highest BCUT2D eigenvalue weighted by Crippen LogP contribution is 2.28. The first-order valence-corrected chi connectivity index (χ1v) is 10.7. The Bertz CT molecular complexity index is 836. The molecule has 2 aromatic carbocycles. The third-order valence-electron chi connectivity index (χ3n) is 5.73. The molecule has 0 saturated heterocycles. The lowest BCUT2D eigenvalue weighted by Crippen LogP contribution is -2.52. The van der Waals surface area contributed by atoms with E-state index >= 15 is 0 Å². The number of ketones is 1. The number of carbonyl (C=O) groups excluding carboxylic acids is 2. The van der Waals surface area contributed by atoms with E-state index in [2.05, 4.69) is 12.1 Å². The summed E-state index contributed by atoms with van der Waals surface area (Å²) in [6.45, 7) is 4.53. The van der Waals surface area contributed by atoms with E-state index in [0.717, 1.165) is 11.3 Å². The van der Waals surface area contributed by atoms with Crippen molar-refractivity contribution in [3.8, 4) is 0 Å². The number of anilines is 1. The minimum atomic E-state index is -0.636. The first-order chi connectivity index (χ1) is 14.8. The average Bonchev–Trinajstić information content (AvgIpc) is 2.77. The van der Waals surface area contributed by atoms with Crippen molar-refractivity contribution in [1.82, 2.24) is 4.90 Å². The fraction of sp³-hybridized carbons (Fsp3) is 0.440. The number of hydrogen-bond donors (Lipinski definition) is 1. The van der Waals surface area contributed by atoms with Gasteiger partial charge in [0.15, 0.2) is 5.78 Å². The molecule has 31 heavy (non-hydrogen) atoms. The largest absolute Gasteiger partial charge is 0.464 e. The minimum Gasteiger partial charge on any atom is -0.464 e. The molecular formula is C25H34N2O4. The van der Waals surface area contributed by atoms with Crippen molar-refractivity contribution < 1.29 is 19.4 Å². The van der Waals surface area contributed by atoms with Crippen LogP contribution >= 0.6 is 0 Å². The van der Waals surface area contributed by atoms with Gasteiger partial charge in [0, 0.05) is 24.7 Å². The lowest BCUT2D eigenvalue weighted by Gasteiger charge is -2.38. The number of esters is 1. The quantitative estimate of drug-likeness (QED) is 0.415. The number of likely N-dealkylation sites (N-methyl/N-ethyl adjacent to an activating group) is 1. The van der Waals surface area contributed by atoms with E-state index in [9.17, 15) is 14.7 Å². The number of aliphatic hydroxyl groups is 1. The minimum absolute atomic E-state index is 0.0165. The number of ether oxygens (including phenoxy) is 1. The summed E-state index contributed by atoms with van der Waals surface area (Å²) in [4.78, 5) is 28.6. The smallest absolute Gasteiger partial charge is 0.302 e. The van der Waals surface area contributed by atoms with Crippen molar-refractivity contribution in [2.45, 2.75) is 32.2 Å². The normalized spacial score (nSPS) is 13.0. The van der Waals surface area contributed by atoms with E-state index in [1.54, 1.807) is 0 Å². The van der Waals surface area contributed by atoms with E-state index < -0.39 is 5.54 Å². The number of rotatable bonds is 12. The first kappa shape index (κ1) is 24.6. The first-order valence-electron chi connectivity index (χ1n) is 10.7. The maximum atomic E-state index is 13.6. The molecule has 0 aromatic heterocycles. The van der Waals surface area contributed by atoms with Crippen LogP contribution in [0.15, 0.2) is 54.6 Å². The zero-order valence-corrected chi connectivity index (χ0v) is 19.0. The molecule has 0 radical (unpaired) electrons. The Morgan fingerprint density at radius 2 is 1.65 bits per heavy atom. The van der Waals surface area contributed by atoms with Gasteiger partial charge in [0.25, 0.3) is 0 Å². The molecule has 0 bridgehead atoms. The predicted octanol–water partition coefficient (Wildman–Crippen LogP) is 3.18. The summed E-state index contributed by atoms with van der Waals surface area (Å²) in [7, 11) is 3.91. The fourth-order valence-corrected chi connectivity index (χ4v) is 3.86. The van der Waals surface area contributed by atoms with Crippen LogP contribution in [0.25, 0.3) is 0 Å². The molecule has 0 aliphatic heterocycles. The molecule has 0 amide bonds. The third-order valence-corrected chi connectivity index (χ3v) is 5.73. The van der Waals surface area contributed by atoms with Crippen LogP contribution in [0.5, 0.6) is 0 Å². The molecule has 0 heterocycles. The second-order valence-electron chi connectivity index (χ2n) is 7.87. The molecule has 6 nitrogen and oxygen atoms in total. The van der Waals surface area contributed by atoms with Gasteiger partial charge in [-0.05, 0) is 56.8 Å². The standard InChI is InChI=1S/C25H34N2O4/c1-5-25(26(3)4,19-21-9-7-6-8-10-21)24(30)22-11-13-23(14-12-22)27(15-17-28)16-18-31-20(2)29/h6-14,28H,5,15-19H2,1-4H3. The molecule has 2 rings (SSSR count). The van der Waals surface area contributed by atoms with Crippen LogP contribution in [-0.4, -0.2) is 67.7 Å².